The molecule has 112 valence electrons. The highest BCUT2D eigenvalue weighted by atomic mass is 19.3. The van der Waals surface area contributed by atoms with Crippen molar-refractivity contribution in [1.82, 2.24) is 0 Å². The summed E-state index contributed by atoms with van der Waals surface area (Å²) in [5.74, 6) is 0.481. The lowest BCUT2D eigenvalue weighted by molar-refractivity contribution is 0.152. The molecule has 0 unspecified atom stereocenters. The van der Waals surface area contributed by atoms with Crippen LogP contribution in [0.5, 0.6) is 0 Å². The van der Waals surface area contributed by atoms with Gasteiger partial charge in [0.25, 0.3) is 6.43 Å². The third kappa shape index (κ3) is 3.94. The third-order valence-corrected chi connectivity index (χ3v) is 3.44. The molecule has 0 amide bonds. The standard InChI is InChI=1S/C17H20F2N2/c1-11(2)13-5-3-12(4-6-13)10-21-16-8-7-14(20)9-15(16)17(18)19/h3-9,11,17,21H,10,20H2,1-2H3. The van der Waals surface area contributed by atoms with E-state index in [9.17, 15) is 8.78 Å². The highest BCUT2D eigenvalue weighted by molar-refractivity contribution is 5.58. The fourth-order valence-corrected chi connectivity index (χ4v) is 2.14. The van der Waals surface area contributed by atoms with Gasteiger partial charge in [-0.1, -0.05) is 38.1 Å². The van der Waals surface area contributed by atoms with Crippen LogP contribution in [0.4, 0.5) is 20.2 Å². The summed E-state index contributed by atoms with van der Waals surface area (Å²) in [6.07, 6.45) is -2.54. The second kappa shape index (κ2) is 6.57. The molecule has 0 aliphatic carbocycles. The topological polar surface area (TPSA) is 38.0 Å². The van der Waals surface area contributed by atoms with Crippen LogP contribution in [-0.4, -0.2) is 0 Å². The van der Waals surface area contributed by atoms with Gasteiger partial charge in [-0.2, -0.15) is 0 Å². The first-order valence-corrected chi connectivity index (χ1v) is 6.97. The fourth-order valence-electron chi connectivity index (χ4n) is 2.14. The van der Waals surface area contributed by atoms with Crippen LogP contribution in [0.2, 0.25) is 0 Å². The minimum absolute atomic E-state index is 0.0613. The third-order valence-electron chi connectivity index (χ3n) is 3.44. The predicted molar refractivity (Wildman–Crippen MR) is 83.7 cm³/mol. The molecule has 0 aliphatic rings. The summed E-state index contributed by atoms with van der Waals surface area (Å²) in [5.41, 5.74) is 8.58. The highest BCUT2D eigenvalue weighted by Crippen LogP contribution is 2.29. The largest absolute Gasteiger partial charge is 0.399 e. The van der Waals surface area contributed by atoms with Crippen LogP contribution in [0.3, 0.4) is 0 Å². The van der Waals surface area contributed by atoms with Gasteiger partial charge in [0.15, 0.2) is 0 Å². The van der Waals surface area contributed by atoms with Gasteiger partial charge < -0.3 is 11.1 Å². The molecule has 3 N–H and O–H groups in total. The first-order valence-electron chi connectivity index (χ1n) is 6.97. The number of nitrogen functional groups attached to an aromatic ring is 1. The molecule has 0 bridgehead atoms. The van der Waals surface area contributed by atoms with E-state index in [1.165, 1.54) is 11.6 Å². The average molecular weight is 290 g/mol. The Morgan fingerprint density at radius 3 is 2.29 bits per heavy atom. The van der Waals surface area contributed by atoms with Crippen molar-refractivity contribution < 1.29 is 8.78 Å². The molecule has 2 nitrogen and oxygen atoms in total. The summed E-state index contributed by atoms with van der Waals surface area (Å²) in [4.78, 5) is 0. The maximum Gasteiger partial charge on any atom is 0.265 e. The first kappa shape index (κ1) is 15.3. The van der Waals surface area contributed by atoms with E-state index in [1.54, 1.807) is 12.1 Å². The Morgan fingerprint density at radius 2 is 1.71 bits per heavy atom. The zero-order valence-electron chi connectivity index (χ0n) is 12.2. The van der Waals surface area contributed by atoms with Crippen LogP contribution in [0.1, 0.15) is 42.9 Å². The number of rotatable bonds is 5. The quantitative estimate of drug-likeness (QED) is 0.765. The number of halogens is 2. The van der Waals surface area contributed by atoms with Crippen molar-refractivity contribution in [2.75, 3.05) is 11.1 Å². The summed E-state index contributed by atoms with van der Waals surface area (Å²) in [6.45, 7) is 4.77. The van der Waals surface area contributed by atoms with Gasteiger partial charge in [0.1, 0.15) is 0 Å². The molecule has 4 heteroatoms. The van der Waals surface area contributed by atoms with E-state index in [2.05, 4.69) is 31.3 Å². The molecule has 0 saturated heterocycles. The van der Waals surface area contributed by atoms with Crippen molar-refractivity contribution in [2.45, 2.75) is 32.7 Å². The number of nitrogens with one attached hydrogen (secondary N) is 1. The maximum absolute atomic E-state index is 13.0. The van der Waals surface area contributed by atoms with Gasteiger partial charge >= 0.3 is 0 Å². The number of benzene rings is 2. The molecule has 0 spiro atoms. The molecule has 2 aromatic rings. The monoisotopic (exact) mass is 290 g/mol. The Kier molecular flexibility index (Phi) is 4.78. The highest BCUT2D eigenvalue weighted by Gasteiger charge is 2.13. The van der Waals surface area contributed by atoms with E-state index in [4.69, 9.17) is 5.73 Å². The van der Waals surface area contributed by atoms with E-state index in [-0.39, 0.29) is 5.56 Å². The van der Waals surface area contributed by atoms with Gasteiger partial charge in [0.2, 0.25) is 0 Å². The second-order valence-electron chi connectivity index (χ2n) is 5.40. The average Bonchev–Trinajstić information content (AvgIpc) is 2.46. The van der Waals surface area contributed by atoms with Crippen molar-refractivity contribution in [3.8, 4) is 0 Å². The second-order valence-corrected chi connectivity index (χ2v) is 5.40. The predicted octanol–water partition coefficient (Wildman–Crippen LogP) is 4.94. The van der Waals surface area contributed by atoms with Crippen molar-refractivity contribution in [3.05, 3.63) is 59.2 Å². The Hall–Kier alpha value is -2.10. The van der Waals surface area contributed by atoms with Gasteiger partial charge in [0, 0.05) is 23.5 Å². The zero-order chi connectivity index (χ0) is 15.4. The van der Waals surface area contributed by atoms with E-state index in [0.717, 1.165) is 5.56 Å². The van der Waals surface area contributed by atoms with Crippen LogP contribution in [0, 0.1) is 0 Å². The van der Waals surface area contributed by atoms with Crippen LogP contribution < -0.4 is 11.1 Å². The summed E-state index contributed by atoms with van der Waals surface area (Å²) in [7, 11) is 0. The summed E-state index contributed by atoms with van der Waals surface area (Å²) < 4.78 is 26.0. The van der Waals surface area contributed by atoms with Crippen LogP contribution in [-0.2, 0) is 6.54 Å². The molecule has 0 radical (unpaired) electrons. The van der Waals surface area contributed by atoms with Gasteiger partial charge in [0.05, 0.1) is 0 Å². The Bertz CT molecular complexity index is 592. The molecule has 0 aliphatic heterocycles. The Labute approximate surface area is 124 Å². The van der Waals surface area contributed by atoms with Crippen LogP contribution in [0.25, 0.3) is 0 Å². The molecule has 0 fully saturated rings. The van der Waals surface area contributed by atoms with Crippen molar-refractivity contribution in [2.24, 2.45) is 0 Å². The number of hydrogen-bond donors (Lipinski definition) is 2. The van der Waals surface area contributed by atoms with Crippen LogP contribution in [0.15, 0.2) is 42.5 Å². The summed E-state index contributed by atoms with van der Waals surface area (Å²) in [5, 5.41) is 3.05. The van der Waals surface area contributed by atoms with Crippen LogP contribution >= 0.6 is 0 Å². The minimum atomic E-state index is -2.54. The van der Waals surface area contributed by atoms with Crippen molar-refractivity contribution in [3.63, 3.8) is 0 Å². The smallest absolute Gasteiger partial charge is 0.265 e. The first-order chi connectivity index (χ1) is 9.97. The number of anilines is 2. The van der Waals surface area contributed by atoms with E-state index < -0.39 is 6.43 Å². The zero-order valence-corrected chi connectivity index (χ0v) is 12.2. The number of hydrogen-bond acceptors (Lipinski definition) is 2. The summed E-state index contributed by atoms with van der Waals surface area (Å²) in [6, 6.07) is 12.7. The van der Waals surface area contributed by atoms with Crippen molar-refractivity contribution in [1.29, 1.82) is 0 Å². The normalized spacial score (nSPS) is 11.1. The number of nitrogens with two attached hydrogens (primary N) is 1. The number of alkyl halides is 2. The summed E-state index contributed by atoms with van der Waals surface area (Å²) >= 11 is 0. The van der Waals surface area contributed by atoms with Gasteiger partial charge in [-0.05, 0) is 35.2 Å². The lowest BCUT2D eigenvalue weighted by Crippen LogP contribution is -2.04. The Morgan fingerprint density at radius 1 is 1.05 bits per heavy atom. The molecule has 2 rings (SSSR count). The molecular formula is C17H20F2N2. The van der Waals surface area contributed by atoms with E-state index in [0.29, 0.717) is 23.8 Å². The molecule has 0 heterocycles. The molecule has 0 atom stereocenters. The fraction of sp³-hybridized carbons (Fsp3) is 0.294. The van der Waals surface area contributed by atoms with E-state index >= 15 is 0 Å². The van der Waals surface area contributed by atoms with E-state index in [1.807, 2.05) is 12.1 Å². The van der Waals surface area contributed by atoms with Gasteiger partial charge in [-0.3, -0.25) is 0 Å². The lowest BCUT2D eigenvalue weighted by atomic mass is 10.0. The van der Waals surface area contributed by atoms with Crippen molar-refractivity contribution >= 4 is 11.4 Å². The molecular weight excluding hydrogens is 270 g/mol. The Balaban J connectivity index is 2.09. The SMILES string of the molecule is CC(C)c1ccc(CNc2ccc(N)cc2C(F)F)cc1. The molecule has 0 aromatic heterocycles. The molecule has 0 saturated carbocycles. The molecule has 21 heavy (non-hydrogen) atoms. The van der Waals surface area contributed by atoms with Gasteiger partial charge in [-0.15, -0.1) is 0 Å². The lowest BCUT2D eigenvalue weighted by Gasteiger charge is -2.13. The maximum atomic E-state index is 13.0. The minimum Gasteiger partial charge on any atom is -0.399 e. The van der Waals surface area contributed by atoms with Gasteiger partial charge in [-0.25, -0.2) is 8.78 Å². The molecule has 2 aromatic carbocycles.